The number of ether oxygens (including phenoxy) is 3. The summed E-state index contributed by atoms with van der Waals surface area (Å²) in [6.07, 6.45) is 1.72. The minimum Gasteiger partial charge on any atom is -0.382 e. The lowest BCUT2D eigenvalue weighted by Gasteiger charge is -2.22. The molecule has 0 aromatic carbocycles. The molecule has 0 atom stereocenters. The molecule has 8 nitrogen and oxygen atoms in total. The molecule has 8 heteroatoms. The van der Waals surface area contributed by atoms with Crippen LogP contribution in [-0.4, -0.2) is 65.7 Å². The number of nitrogens with zero attached hydrogens (tertiary/aromatic N) is 4. The lowest BCUT2D eigenvalue weighted by Crippen LogP contribution is -2.34. The third kappa shape index (κ3) is 7.46. The molecule has 0 bridgehead atoms. The van der Waals surface area contributed by atoms with Crippen molar-refractivity contribution in [2.24, 2.45) is 7.05 Å². The van der Waals surface area contributed by atoms with Crippen LogP contribution in [0.15, 0.2) is 30.5 Å². The molecule has 1 amide bonds. The van der Waals surface area contributed by atoms with E-state index in [1.54, 1.807) is 22.9 Å². The van der Waals surface area contributed by atoms with Gasteiger partial charge in [0, 0.05) is 20.4 Å². The van der Waals surface area contributed by atoms with E-state index < -0.39 is 0 Å². The third-order valence-corrected chi connectivity index (χ3v) is 3.91. The predicted molar refractivity (Wildman–Crippen MR) is 100.0 cm³/mol. The van der Waals surface area contributed by atoms with Crippen LogP contribution < -0.4 is 0 Å². The Balaban J connectivity index is 1.90. The van der Waals surface area contributed by atoms with Crippen LogP contribution in [0.3, 0.4) is 0 Å². The Morgan fingerprint density at radius 3 is 2.59 bits per heavy atom. The zero-order valence-corrected chi connectivity index (χ0v) is 16.3. The smallest absolute Gasteiger partial charge is 0.249 e. The Labute approximate surface area is 160 Å². The van der Waals surface area contributed by atoms with Crippen LogP contribution in [0.5, 0.6) is 0 Å². The molecule has 0 saturated carbocycles. The monoisotopic (exact) mass is 376 g/mol. The first-order valence-corrected chi connectivity index (χ1v) is 8.91. The molecule has 27 heavy (non-hydrogen) atoms. The fourth-order valence-corrected chi connectivity index (χ4v) is 2.54. The van der Waals surface area contributed by atoms with Crippen LogP contribution in [0.1, 0.15) is 17.1 Å². The lowest BCUT2D eigenvalue weighted by molar-refractivity contribution is -0.138. The Morgan fingerprint density at radius 1 is 1.15 bits per heavy atom. The molecule has 2 rings (SSSR count). The summed E-state index contributed by atoms with van der Waals surface area (Å²) in [5.74, 6) is -0.101. The van der Waals surface area contributed by atoms with E-state index in [0.29, 0.717) is 39.5 Å². The molecule has 0 aliphatic carbocycles. The van der Waals surface area contributed by atoms with E-state index in [1.165, 1.54) is 0 Å². The Morgan fingerprint density at radius 2 is 1.93 bits per heavy atom. The fourth-order valence-electron chi connectivity index (χ4n) is 2.54. The van der Waals surface area contributed by atoms with Crippen molar-refractivity contribution in [2.45, 2.75) is 20.0 Å². The van der Waals surface area contributed by atoms with Crippen molar-refractivity contribution in [1.82, 2.24) is 19.7 Å². The Bertz CT molecular complexity index is 690. The average molecular weight is 376 g/mol. The number of carbonyl (C=O) groups is 1. The molecule has 0 saturated heterocycles. The molecule has 0 fully saturated rings. The number of pyridine rings is 1. The standard InChI is InChI=1S/C19H28N4O4/c1-16-12-18(22(2)21-16)14-23(13-17-6-4-5-7-20-17)19(24)15-27-11-10-26-9-8-25-3/h4-7,12H,8-11,13-15H2,1-3H3. The average Bonchev–Trinajstić information content (AvgIpc) is 2.98. The van der Waals surface area contributed by atoms with Crippen molar-refractivity contribution in [1.29, 1.82) is 0 Å². The van der Waals surface area contributed by atoms with Crippen LogP contribution in [-0.2, 0) is 39.1 Å². The topological polar surface area (TPSA) is 78.7 Å². The molecule has 0 spiro atoms. The predicted octanol–water partition coefficient (Wildman–Crippen LogP) is 1.33. The normalized spacial score (nSPS) is 10.9. The SMILES string of the molecule is COCCOCCOCC(=O)N(Cc1ccccn1)Cc1cc(C)nn1C. The van der Waals surface area contributed by atoms with Gasteiger partial charge in [0.2, 0.25) is 5.91 Å². The number of aryl methyl sites for hydroxylation is 2. The maximum absolute atomic E-state index is 12.7. The van der Waals surface area contributed by atoms with Gasteiger partial charge in [-0.2, -0.15) is 5.10 Å². The molecular weight excluding hydrogens is 348 g/mol. The quantitative estimate of drug-likeness (QED) is 0.520. The highest BCUT2D eigenvalue weighted by Crippen LogP contribution is 2.10. The van der Waals surface area contributed by atoms with Crippen molar-refractivity contribution in [3.8, 4) is 0 Å². The molecule has 0 aliphatic rings. The van der Waals surface area contributed by atoms with Gasteiger partial charge in [-0.05, 0) is 25.1 Å². The first kappa shape index (κ1) is 21.0. The lowest BCUT2D eigenvalue weighted by atomic mass is 10.3. The zero-order chi connectivity index (χ0) is 19.5. The van der Waals surface area contributed by atoms with Gasteiger partial charge in [0.15, 0.2) is 0 Å². The summed E-state index contributed by atoms with van der Waals surface area (Å²) >= 11 is 0. The number of aromatic nitrogens is 3. The Hall–Kier alpha value is -2.29. The molecular formula is C19H28N4O4. The molecule has 0 N–H and O–H groups in total. The van der Waals surface area contributed by atoms with Crippen molar-refractivity contribution in [3.05, 3.63) is 47.5 Å². The second-order valence-corrected chi connectivity index (χ2v) is 6.13. The molecule has 2 aromatic rings. The first-order valence-electron chi connectivity index (χ1n) is 8.91. The third-order valence-electron chi connectivity index (χ3n) is 3.91. The maximum atomic E-state index is 12.7. The number of hydrogen-bond donors (Lipinski definition) is 0. The number of carbonyl (C=O) groups excluding carboxylic acids is 1. The van der Waals surface area contributed by atoms with E-state index in [4.69, 9.17) is 14.2 Å². The molecule has 148 valence electrons. The summed E-state index contributed by atoms with van der Waals surface area (Å²) in [7, 11) is 3.50. The van der Waals surface area contributed by atoms with Crippen molar-refractivity contribution < 1.29 is 19.0 Å². The number of amides is 1. The second kappa shape index (κ2) is 11.4. The van der Waals surface area contributed by atoms with Crippen molar-refractivity contribution in [2.75, 3.05) is 40.1 Å². The van der Waals surface area contributed by atoms with Crippen LogP contribution in [0.4, 0.5) is 0 Å². The summed E-state index contributed by atoms with van der Waals surface area (Å²) in [5.41, 5.74) is 2.70. The molecule has 0 unspecified atom stereocenters. The number of hydrogen-bond acceptors (Lipinski definition) is 6. The van der Waals surface area contributed by atoms with Crippen LogP contribution in [0.2, 0.25) is 0 Å². The van der Waals surface area contributed by atoms with Crippen LogP contribution in [0.25, 0.3) is 0 Å². The summed E-state index contributed by atoms with van der Waals surface area (Å²) < 4.78 is 17.5. The van der Waals surface area contributed by atoms with E-state index in [-0.39, 0.29) is 12.5 Å². The summed E-state index contributed by atoms with van der Waals surface area (Å²) in [5, 5.41) is 4.35. The largest absolute Gasteiger partial charge is 0.382 e. The summed E-state index contributed by atoms with van der Waals surface area (Å²) in [6, 6.07) is 7.64. The van der Waals surface area contributed by atoms with Gasteiger partial charge >= 0.3 is 0 Å². The highest BCUT2D eigenvalue weighted by Gasteiger charge is 2.17. The van der Waals surface area contributed by atoms with E-state index >= 15 is 0 Å². The first-order chi connectivity index (χ1) is 13.1. The van der Waals surface area contributed by atoms with Gasteiger partial charge in [0.05, 0.1) is 56.6 Å². The second-order valence-electron chi connectivity index (χ2n) is 6.13. The van der Waals surface area contributed by atoms with E-state index in [2.05, 4.69) is 10.1 Å². The number of rotatable bonds is 12. The minimum atomic E-state index is -0.101. The molecule has 0 radical (unpaired) electrons. The minimum absolute atomic E-state index is 0.00267. The summed E-state index contributed by atoms with van der Waals surface area (Å²) in [4.78, 5) is 18.7. The van der Waals surface area contributed by atoms with Crippen LogP contribution in [0, 0.1) is 6.92 Å². The van der Waals surface area contributed by atoms with Gasteiger partial charge < -0.3 is 19.1 Å². The van der Waals surface area contributed by atoms with E-state index in [9.17, 15) is 4.79 Å². The zero-order valence-electron chi connectivity index (χ0n) is 16.3. The molecule has 0 aliphatic heterocycles. The molecule has 2 heterocycles. The van der Waals surface area contributed by atoms with E-state index in [1.807, 2.05) is 38.2 Å². The van der Waals surface area contributed by atoms with Gasteiger partial charge in [-0.15, -0.1) is 0 Å². The van der Waals surface area contributed by atoms with Gasteiger partial charge in [-0.1, -0.05) is 6.07 Å². The molecule has 2 aromatic heterocycles. The van der Waals surface area contributed by atoms with Gasteiger partial charge in [0.25, 0.3) is 0 Å². The van der Waals surface area contributed by atoms with Gasteiger partial charge in [-0.25, -0.2) is 0 Å². The van der Waals surface area contributed by atoms with Crippen molar-refractivity contribution >= 4 is 5.91 Å². The Kier molecular flexibility index (Phi) is 8.90. The van der Waals surface area contributed by atoms with Crippen LogP contribution >= 0.6 is 0 Å². The van der Waals surface area contributed by atoms with Gasteiger partial charge in [0.1, 0.15) is 6.61 Å². The van der Waals surface area contributed by atoms with Crippen molar-refractivity contribution in [3.63, 3.8) is 0 Å². The summed E-state index contributed by atoms with van der Waals surface area (Å²) in [6.45, 7) is 4.63. The van der Waals surface area contributed by atoms with E-state index in [0.717, 1.165) is 17.1 Å². The highest BCUT2D eigenvalue weighted by molar-refractivity contribution is 5.77. The fraction of sp³-hybridized carbons (Fsp3) is 0.526. The number of methoxy groups -OCH3 is 1. The van der Waals surface area contributed by atoms with Gasteiger partial charge in [-0.3, -0.25) is 14.5 Å². The highest BCUT2D eigenvalue weighted by atomic mass is 16.5. The maximum Gasteiger partial charge on any atom is 0.249 e.